The average molecular weight is 487 g/mol. The van der Waals surface area contributed by atoms with Crippen molar-refractivity contribution in [2.24, 2.45) is 7.05 Å². The van der Waals surface area contributed by atoms with E-state index in [9.17, 15) is 4.79 Å². The molecule has 0 bridgehead atoms. The van der Waals surface area contributed by atoms with Crippen molar-refractivity contribution in [3.05, 3.63) is 59.8 Å². The van der Waals surface area contributed by atoms with Crippen molar-refractivity contribution in [1.82, 2.24) is 34.3 Å². The summed E-state index contributed by atoms with van der Waals surface area (Å²) in [5.41, 5.74) is 3.23. The lowest BCUT2D eigenvalue weighted by molar-refractivity contribution is 0.0663. The molecule has 0 aliphatic carbocycles. The Hall–Kier alpha value is -4.56. The lowest BCUT2D eigenvalue weighted by atomic mass is 10.2. The van der Waals surface area contributed by atoms with Crippen molar-refractivity contribution in [2.75, 3.05) is 38.5 Å². The number of hydrogen-bond acceptors (Lipinski definition) is 9. The number of aromatic nitrogens is 5. The molecule has 0 radical (unpaired) electrons. The topological polar surface area (TPSA) is 125 Å². The summed E-state index contributed by atoms with van der Waals surface area (Å²) >= 11 is 0. The number of fused-ring (bicyclic) bond motifs is 1. The average Bonchev–Trinajstić information content (AvgIpc) is 3.30. The second-order valence-electron chi connectivity index (χ2n) is 8.42. The largest absolute Gasteiger partial charge is 0.437 e. The van der Waals surface area contributed by atoms with Gasteiger partial charge in [-0.1, -0.05) is 0 Å². The van der Waals surface area contributed by atoms with Crippen LogP contribution >= 0.6 is 0 Å². The molecular weight excluding hydrogens is 458 g/mol. The molecule has 36 heavy (non-hydrogen) atoms. The number of carbonyl (C=O) groups is 1. The molecule has 5 heterocycles. The predicted molar refractivity (Wildman–Crippen MR) is 133 cm³/mol. The molecule has 4 aromatic rings. The van der Waals surface area contributed by atoms with Gasteiger partial charge < -0.3 is 24.4 Å². The van der Waals surface area contributed by atoms with Crippen molar-refractivity contribution in [1.29, 1.82) is 5.26 Å². The van der Waals surface area contributed by atoms with E-state index in [0.717, 1.165) is 5.56 Å². The summed E-state index contributed by atoms with van der Waals surface area (Å²) in [6, 6.07) is 8.70. The number of amides is 1. The minimum atomic E-state index is -2.15. The van der Waals surface area contributed by atoms with Crippen LogP contribution in [0.15, 0.2) is 43.0 Å². The molecule has 5 rings (SSSR count). The Morgan fingerprint density at radius 3 is 2.69 bits per heavy atom. The van der Waals surface area contributed by atoms with E-state index < -0.39 is 6.98 Å². The van der Waals surface area contributed by atoms with Crippen LogP contribution in [0.4, 0.5) is 11.5 Å². The fourth-order valence-corrected chi connectivity index (χ4v) is 3.87. The van der Waals surface area contributed by atoms with Crippen LogP contribution in [0.2, 0.25) is 0 Å². The molecule has 1 N–H and O–H groups in total. The summed E-state index contributed by atoms with van der Waals surface area (Å²) in [5, 5.41) is 12.3. The quantitative estimate of drug-likeness (QED) is 0.453. The van der Waals surface area contributed by atoms with Gasteiger partial charge in [0.1, 0.15) is 23.1 Å². The van der Waals surface area contributed by atoms with E-state index in [1.165, 1.54) is 17.3 Å². The Morgan fingerprint density at radius 1 is 1.17 bits per heavy atom. The van der Waals surface area contributed by atoms with Crippen LogP contribution in [0, 0.1) is 18.3 Å². The van der Waals surface area contributed by atoms with Gasteiger partial charge in [0.25, 0.3) is 5.91 Å². The van der Waals surface area contributed by atoms with Gasteiger partial charge in [-0.05, 0) is 37.7 Å². The standard InChI is InChI=1S/C25H25N9O2/c1-16-10-18(12-26)27-14-20(16)36-22-11-19(23-24(31-22)33(3)15-29-23)30-21-5-4-17(13-28-21)25(35)34-8-6-32(2)7-9-34/h4-5,10-11,13-15H,6-9H2,1-3H3,(H,28,30,31)/i2D3. The molecule has 0 atom stereocenters. The Kier molecular flexibility index (Phi) is 5.25. The fraction of sp³-hybridized carbons (Fsp3) is 0.280. The number of piperazine rings is 1. The third-order valence-corrected chi connectivity index (χ3v) is 5.88. The Morgan fingerprint density at radius 2 is 2.00 bits per heavy atom. The van der Waals surface area contributed by atoms with Gasteiger partial charge in [0.15, 0.2) is 11.4 Å². The minimum absolute atomic E-state index is 0.197. The third-order valence-electron chi connectivity index (χ3n) is 5.88. The van der Waals surface area contributed by atoms with Crippen molar-refractivity contribution in [2.45, 2.75) is 6.92 Å². The van der Waals surface area contributed by atoms with E-state index >= 15 is 0 Å². The number of rotatable bonds is 5. The number of aryl methyl sites for hydroxylation is 2. The lowest BCUT2D eigenvalue weighted by Crippen LogP contribution is -2.47. The molecule has 4 aromatic heterocycles. The smallest absolute Gasteiger partial charge is 0.255 e. The number of likely N-dealkylation sites (N-methyl/N-ethyl adjacent to an activating group) is 1. The molecule has 0 saturated carbocycles. The first kappa shape index (κ1) is 19.7. The highest BCUT2D eigenvalue weighted by Crippen LogP contribution is 2.31. The second-order valence-corrected chi connectivity index (χ2v) is 8.42. The zero-order valence-electron chi connectivity index (χ0n) is 22.8. The van der Waals surface area contributed by atoms with Gasteiger partial charge in [0.2, 0.25) is 5.88 Å². The molecule has 0 unspecified atom stereocenters. The molecule has 0 aromatic carbocycles. The van der Waals surface area contributed by atoms with Crippen LogP contribution in [0.25, 0.3) is 11.2 Å². The highest BCUT2D eigenvalue weighted by Gasteiger charge is 2.21. The summed E-state index contributed by atoms with van der Waals surface area (Å²) in [4.78, 5) is 33.4. The summed E-state index contributed by atoms with van der Waals surface area (Å²) in [5.74, 6) is 1.05. The maximum atomic E-state index is 12.9. The molecule has 1 fully saturated rings. The van der Waals surface area contributed by atoms with Crippen molar-refractivity contribution in [3.63, 3.8) is 0 Å². The number of anilines is 2. The fourth-order valence-electron chi connectivity index (χ4n) is 3.87. The second kappa shape index (κ2) is 9.59. The highest BCUT2D eigenvalue weighted by atomic mass is 16.5. The molecule has 1 aliphatic rings. The number of hydrogen-bond donors (Lipinski definition) is 1. The van der Waals surface area contributed by atoms with Gasteiger partial charge in [0, 0.05) is 49.6 Å². The first-order valence-corrected chi connectivity index (χ1v) is 11.3. The van der Waals surface area contributed by atoms with Gasteiger partial charge in [0.05, 0.1) is 23.8 Å². The Labute approximate surface area is 212 Å². The number of ether oxygens (including phenoxy) is 1. The number of nitrogens with zero attached hydrogens (tertiary/aromatic N) is 8. The molecule has 11 heteroatoms. The molecular formula is C25H25N9O2. The van der Waals surface area contributed by atoms with Crippen LogP contribution in [0.5, 0.6) is 11.6 Å². The SMILES string of the molecule is [2H]C([2H])([2H])N1CCN(C(=O)c2ccc(Nc3cc(Oc4cnc(C#N)cc4C)nc4c3ncn4C)nc2)CC1. The van der Waals surface area contributed by atoms with Crippen LogP contribution in [-0.4, -0.2) is 73.4 Å². The summed E-state index contributed by atoms with van der Waals surface area (Å²) < 4.78 is 30.4. The first-order chi connectivity index (χ1) is 18.6. The predicted octanol–water partition coefficient (Wildman–Crippen LogP) is 2.86. The summed E-state index contributed by atoms with van der Waals surface area (Å²) in [6.45, 7) is 0.921. The van der Waals surface area contributed by atoms with Crippen molar-refractivity contribution >= 4 is 28.6 Å². The Bertz CT molecular complexity index is 1570. The van der Waals surface area contributed by atoms with Gasteiger partial charge >= 0.3 is 0 Å². The van der Waals surface area contributed by atoms with E-state index in [1.807, 2.05) is 20.0 Å². The van der Waals surface area contributed by atoms with E-state index in [0.29, 0.717) is 71.7 Å². The van der Waals surface area contributed by atoms with Crippen molar-refractivity contribution < 1.29 is 13.6 Å². The minimum Gasteiger partial charge on any atom is -0.437 e. The zero-order chi connectivity index (χ0) is 27.7. The van der Waals surface area contributed by atoms with Crippen LogP contribution in [-0.2, 0) is 7.05 Å². The summed E-state index contributed by atoms with van der Waals surface area (Å²) in [6.07, 6.45) is 4.61. The van der Waals surface area contributed by atoms with Crippen LogP contribution in [0.3, 0.4) is 0 Å². The number of pyridine rings is 3. The zero-order valence-corrected chi connectivity index (χ0v) is 19.8. The van der Waals surface area contributed by atoms with E-state index in [1.54, 1.807) is 40.1 Å². The third kappa shape index (κ3) is 4.67. The molecule has 11 nitrogen and oxygen atoms in total. The Balaban J connectivity index is 1.34. The van der Waals surface area contributed by atoms with Crippen LogP contribution in [0.1, 0.15) is 25.7 Å². The lowest BCUT2D eigenvalue weighted by Gasteiger charge is -2.32. The van der Waals surface area contributed by atoms with Gasteiger partial charge in [-0.15, -0.1) is 0 Å². The molecule has 1 saturated heterocycles. The maximum absolute atomic E-state index is 12.9. The number of imidazole rings is 1. The van der Waals surface area contributed by atoms with Gasteiger partial charge in [-0.2, -0.15) is 10.2 Å². The van der Waals surface area contributed by atoms with Gasteiger partial charge in [-0.3, -0.25) is 4.79 Å². The maximum Gasteiger partial charge on any atom is 0.255 e. The highest BCUT2D eigenvalue weighted by molar-refractivity contribution is 5.94. The normalized spacial score (nSPS) is 15.6. The molecule has 182 valence electrons. The van der Waals surface area contributed by atoms with Crippen LogP contribution < -0.4 is 10.1 Å². The van der Waals surface area contributed by atoms with Gasteiger partial charge in [-0.25, -0.2) is 15.0 Å². The molecule has 0 spiro atoms. The molecule has 1 aliphatic heterocycles. The first-order valence-electron chi connectivity index (χ1n) is 12.8. The van der Waals surface area contributed by atoms with Crippen molar-refractivity contribution in [3.8, 4) is 17.7 Å². The summed E-state index contributed by atoms with van der Waals surface area (Å²) in [7, 11) is 1.82. The van der Waals surface area contributed by atoms with E-state index in [-0.39, 0.29) is 5.91 Å². The number of nitriles is 1. The van der Waals surface area contributed by atoms with E-state index in [4.69, 9.17) is 14.1 Å². The number of nitrogens with one attached hydrogen (secondary N) is 1. The molecule has 1 amide bonds. The monoisotopic (exact) mass is 486 g/mol. The number of carbonyl (C=O) groups excluding carboxylic acids is 1. The van der Waals surface area contributed by atoms with E-state index in [2.05, 4.69) is 25.3 Å².